The number of nitro groups is 1. The van der Waals surface area contributed by atoms with Crippen molar-refractivity contribution in [3.8, 4) is 0 Å². The number of likely N-dealkylation sites (tertiary alicyclic amines) is 1. The number of piperidine rings is 1. The largest absolute Gasteiger partial charge is 0.478 e. The second-order valence-electron chi connectivity index (χ2n) is 12.9. The van der Waals surface area contributed by atoms with Crippen molar-refractivity contribution in [3.63, 3.8) is 0 Å². The van der Waals surface area contributed by atoms with Gasteiger partial charge in [-0.3, -0.25) is 15.0 Å². The van der Waals surface area contributed by atoms with Gasteiger partial charge in [0.2, 0.25) is 0 Å². The van der Waals surface area contributed by atoms with Crippen LogP contribution in [-0.4, -0.2) is 114 Å². The van der Waals surface area contributed by atoms with Crippen LogP contribution in [0.4, 0.5) is 5.69 Å². The first-order valence-electron chi connectivity index (χ1n) is 15.3. The summed E-state index contributed by atoms with van der Waals surface area (Å²) in [4.78, 5) is 46.4. The molecule has 236 valence electrons. The molecule has 0 aromatic heterocycles. The molecule has 0 amide bonds. The van der Waals surface area contributed by atoms with E-state index in [1.165, 1.54) is 50.6 Å². The molecule has 11 heteroatoms. The highest BCUT2D eigenvalue weighted by molar-refractivity contribution is 5.99. The summed E-state index contributed by atoms with van der Waals surface area (Å²) in [6, 6.07) is 5.81. The number of piperazine rings is 1. The summed E-state index contributed by atoms with van der Waals surface area (Å²) in [5.41, 5.74) is 1.07. The van der Waals surface area contributed by atoms with E-state index >= 15 is 0 Å². The zero-order valence-electron chi connectivity index (χ0n) is 26.3. The van der Waals surface area contributed by atoms with Gasteiger partial charge in [-0.15, -0.1) is 0 Å². The van der Waals surface area contributed by atoms with Gasteiger partial charge in [-0.05, 0) is 45.3 Å². The molecule has 0 aliphatic carbocycles. The second kappa shape index (κ2) is 14.0. The number of aliphatic carboxylic acids is 1. The summed E-state index contributed by atoms with van der Waals surface area (Å²) in [5.74, 6) is -2.79. The van der Waals surface area contributed by atoms with Crippen LogP contribution in [0.15, 0.2) is 46.8 Å². The Balaban J connectivity index is 1.41. The number of carboxylic acid groups (broad SMARTS) is 1. The number of ether oxygens (including phenoxy) is 1. The standard InChI is InChI=1S/C32H47N5O6/c1-23-27(30(38)39)29(25-10-9-11-26(20-25)37(41)42)28(24(2)33(23)5)31(40)43-22-32(3,4)21-36-18-16-35(17-19-36)15-14-34-12-7-6-8-13-34/h9-11,20,29H,6-8,12-19,21-22H2,1-5H3,(H,38,39). The number of non-ortho nitro benzene ring substituents is 1. The summed E-state index contributed by atoms with van der Waals surface area (Å²) >= 11 is 0. The van der Waals surface area contributed by atoms with Crippen LogP contribution in [0.1, 0.15) is 58.4 Å². The molecule has 2 fully saturated rings. The summed E-state index contributed by atoms with van der Waals surface area (Å²) in [5, 5.41) is 21.7. The zero-order valence-corrected chi connectivity index (χ0v) is 26.3. The molecule has 0 bridgehead atoms. The van der Waals surface area contributed by atoms with Crippen molar-refractivity contribution >= 4 is 17.6 Å². The molecule has 0 radical (unpaired) electrons. The molecule has 0 spiro atoms. The van der Waals surface area contributed by atoms with Crippen molar-refractivity contribution < 1.29 is 24.4 Å². The first kappa shape index (κ1) is 32.6. The number of allylic oxidation sites excluding steroid dienone is 2. The van der Waals surface area contributed by atoms with E-state index in [9.17, 15) is 24.8 Å². The fourth-order valence-electron chi connectivity index (χ4n) is 6.50. The highest BCUT2D eigenvalue weighted by atomic mass is 16.6. The van der Waals surface area contributed by atoms with E-state index in [4.69, 9.17) is 4.74 Å². The third kappa shape index (κ3) is 8.01. The minimum Gasteiger partial charge on any atom is -0.478 e. The number of hydrogen-bond acceptors (Lipinski definition) is 9. The minimum atomic E-state index is -1.19. The number of carbonyl (C=O) groups excluding carboxylic acids is 1. The van der Waals surface area contributed by atoms with Gasteiger partial charge in [0, 0.05) is 81.8 Å². The number of esters is 1. The van der Waals surface area contributed by atoms with Gasteiger partial charge in [-0.2, -0.15) is 0 Å². The number of nitro benzene ring substituents is 1. The minimum absolute atomic E-state index is 0.00188. The molecule has 0 saturated carbocycles. The van der Waals surface area contributed by atoms with Crippen LogP contribution in [0.25, 0.3) is 0 Å². The third-order valence-electron chi connectivity index (χ3n) is 9.12. The zero-order chi connectivity index (χ0) is 31.3. The Morgan fingerprint density at radius 2 is 1.53 bits per heavy atom. The number of nitrogens with zero attached hydrogens (tertiary/aromatic N) is 5. The van der Waals surface area contributed by atoms with Crippen LogP contribution < -0.4 is 0 Å². The van der Waals surface area contributed by atoms with Crippen LogP contribution in [0.5, 0.6) is 0 Å². The van der Waals surface area contributed by atoms with Crippen LogP contribution in [0.3, 0.4) is 0 Å². The third-order valence-corrected chi connectivity index (χ3v) is 9.12. The quantitative estimate of drug-likeness (QED) is 0.228. The lowest BCUT2D eigenvalue weighted by molar-refractivity contribution is -0.384. The number of rotatable bonds is 11. The van der Waals surface area contributed by atoms with Gasteiger partial charge in [0.05, 0.1) is 28.6 Å². The van der Waals surface area contributed by atoms with E-state index in [1.54, 1.807) is 31.9 Å². The van der Waals surface area contributed by atoms with Crippen molar-refractivity contribution in [1.82, 2.24) is 19.6 Å². The Morgan fingerprint density at radius 3 is 2.14 bits per heavy atom. The maximum atomic E-state index is 13.7. The van der Waals surface area contributed by atoms with Crippen molar-refractivity contribution in [1.29, 1.82) is 0 Å². The molecular formula is C32H47N5O6. The van der Waals surface area contributed by atoms with E-state index in [1.807, 2.05) is 0 Å². The fraction of sp³-hybridized carbons (Fsp3) is 0.625. The molecule has 3 aliphatic rings. The van der Waals surface area contributed by atoms with Crippen molar-refractivity contribution in [2.24, 2.45) is 5.41 Å². The lowest BCUT2D eigenvalue weighted by Gasteiger charge is -2.39. The topological polar surface area (TPSA) is 120 Å². The fourth-order valence-corrected chi connectivity index (χ4v) is 6.50. The van der Waals surface area contributed by atoms with Crippen molar-refractivity contribution in [3.05, 3.63) is 62.5 Å². The van der Waals surface area contributed by atoms with Crippen LogP contribution >= 0.6 is 0 Å². The molecule has 3 heterocycles. The highest BCUT2D eigenvalue weighted by Gasteiger charge is 2.40. The molecule has 3 aliphatic heterocycles. The number of hydrogen-bond donors (Lipinski definition) is 1. The average Bonchev–Trinajstić information content (AvgIpc) is 2.98. The monoisotopic (exact) mass is 597 g/mol. The van der Waals surface area contributed by atoms with Gasteiger partial charge in [0.25, 0.3) is 5.69 Å². The van der Waals surface area contributed by atoms with Gasteiger partial charge in [0.15, 0.2) is 0 Å². The average molecular weight is 598 g/mol. The van der Waals surface area contributed by atoms with Gasteiger partial charge in [-0.1, -0.05) is 32.4 Å². The Labute approximate surface area is 254 Å². The van der Waals surface area contributed by atoms with E-state index in [0.29, 0.717) is 17.0 Å². The van der Waals surface area contributed by atoms with Gasteiger partial charge >= 0.3 is 11.9 Å². The van der Waals surface area contributed by atoms with E-state index < -0.39 is 22.8 Å². The lowest BCUT2D eigenvalue weighted by atomic mass is 9.79. The molecule has 11 nitrogen and oxygen atoms in total. The number of carbonyl (C=O) groups is 2. The smallest absolute Gasteiger partial charge is 0.336 e. The predicted octanol–water partition coefficient (Wildman–Crippen LogP) is 3.93. The summed E-state index contributed by atoms with van der Waals surface area (Å²) < 4.78 is 5.91. The van der Waals surface area contributed by atoms with Crippen molar-refractivity contribution in [2.75, 3.05) is 72.6 Å². The molecule has 4 rings (SSSR count). The molecule has 2 saturated heterocycles. The molecular weight excluding hydrogens is 550 g/mol. The van der Waals surface area contributed by atoms with Crippen molar-refractivity contribution in [2.45, 2.75) is 52.9 Å². The molecule has 43 heavy (non-hydrogen) atoms. The summed E-state index contributed by atoms with van der Waals surface area (Å²) in [6.07, 6.45) is 3.98. The van der Waals surface area contributed by atoms with Crippen LogP contribution in [-0.2, 0) is 14.3 Å². The Hall–Kier alpha value is -3.28. The SMILES string of the molecule is CC1=C(C(=O)O)C(c2cccc([N+](=O)[O-])c2)C(C(=O)OCC(C)(C)CN2CCN(CCN3CCCCC3)CC2)=C(C)N1C. The molecule has 1 N–H and O–H groups in total. The first-order valence-corrected chi connectivity index (χ1v) is 15.3. The maximum absolute atomic E-state index is 13.7. The Kier molecular flexibility index (Phi) is 10.6. The summed E-state index contributed by atoms with van der Waals surface area (Å²) in [7, 11) is 1.71. The molecule has 1 atom stereocenters. The maximum Gasteiger partial charge on any atom is 0.336 e. The first-order chi connectivity index (χ1) is 20.4. The van der Waals surface area contributed by atoms with Gasteiger partial charge in [0.1, 0.15) is 0 Å². The molecule has 1 aromatic rings. The van der Waals surface area contributed by atoms with E-state index in [-0.39, 0.29) is 28.9 Å². The lowest BCUT2D eigenvalue weighted by Crippen LogP contribution is -2.51. The normalized spacial score (nSPS) is 21.3. The van der Waals surface area contributed by atoms with Gasteiger partial charge < -0.3 is 24.5 Å². The molecule has 1 aromatic carbocycles. The second-order valence-corrected chi connectivity index (χ2v) is 12.9. The predicted molar refractivity (Wildman–Crippen MR) is 165 cm³/mol. The van der Waals surface area contributed by atoms with Crippen LogP contribution in [0, 0.1) is 15.5 Å². The van der Waals surface area contributed by atoms with E-state index in [2.05, 4.69) is 28.5 Å². The Morgan fingerprint density at radius 1 is 0.953 bits per heavy atom. The highest BCUT2D eigenvalue weighted by Crippen LogP contribution is 2.42. The summed E-state index contributed by atoms with van der Waals surface area (Å²) in [6.45, 7) is 17.2. The number of benzene rings is 1. The number of carboxylic acids is 1. The Bertz CT molecular complexity index is 1260. The van der Waals surface area contributed by atoms with Crippen LogP contribution in [0.2, 0.25) is 0 Å². The molecule has 1 unspecified atom stereocenters. The van der Waals surface area contributed by atoms with Gasteiger partial charge in [-0.25, -0.2) is 9.59 Å². The van der Waals surface area contributed by atoms with E-state index in [0.717, 1.165) is 45.8 Å².